The van der Waals surface area contributed by atoms with Gasteiger partial charge in [-0.2, -0.15) is 13.2 Å². The fourth-order valence-electron chi connectivity index (χ4n) is 1.81. The number of hydrogen-bond donors (Lipinski definition) is 1. The predicted molar refractivity (Wildman–Crippen MR) is 76.9 cm³/mol. The van der Waals surface area contributed by atoms with E-state index in [0.717, 1.165) is 30.3 Å². The summed E-state index contributed by atoms with van der Waals surface area (Å²) in [6.07, 6.45) is -4.53. The van der Waals surface area contributed by atoms with Crippen molar-refractivity contribution in [2.45, 2.75) is 17.6 Å². The summed E-state index contributed by atoms with van der Waals surface area (Å²) in [5, 5.41) is 0.0272. The molecule has 0 aliphatic carbocycles. The summed E-state index contributed by atoms with van der Waals surface area (Å²) >= 11 is 5.54. The van der Waals surface area contributed by atoms with Gasteiger partial charge in [0.15, 0.2) is 0 Å². The van der Waals surface area contributed by atoms with Gasteiger partial charge in [-0.1, -0.05) is 29.8 Å². The zero-order chi connectivity index (χ0) is 17.3. The number of halogens is 5. The molecule has 2 rings (SSSR count). The van der Waals surface area contributed by atoms with Gasteiger partial charge in [0.05, 0.1) is 5.56 Å². The lowest BCUT2D eigenvalue weighted by molar-refractivity contribution is -0.137. The number of alkyl halides is 3. The Kier molecular flexibility index (Phi) is 4.98. The molecule has 0 aromatic heterocycles. The third-order valence-corrected chi connectivity index (χ3v) is 4.57. The van der Waals surface area contributed by atoms with Gasteiger partial charge in [-0.3, -0.25) is 0 Å². The van der Waals surface area contributed by atoms with Crippen LogP contribution in [0.4, 0.5) is 17.6 Å². The second-order valence-electron chi connectivity index (χ2n) is 4.60. The van der Waals surface area contributed by atoms with E-state index >= 15 is 0 Å². The monoisotopic (exact) mass is 367 g/mol. The molecule has 1 N–H and O–H groups in total. The van der Waals surface area contributed by atoms with Crippen LogP contribution in [0.25, 0.3) is 0 Å². The Morgan fingerprint density at radius 1 is 1.09 bits per heavy atom. The molecule has 9 heteroatoms. The van der Waals surface area contributed by atoms with Crippen molar-refractivity contribution in [3.63, 3.8) is 0 Å². The molecule has 0 aliphatic rings. The molecule has 0 heterocycles. The van der Waals surface area contributed by atoms with Crippen molar-refractivity contribution in [3.05, 3.63) is 64.4 Å². The third kappa shape index (κ3) is 4.43. The molecule has 0 radical (unpaired) electrons. The van der Waals surface area contributed by atoms with Crippen LogP contribution in [-0.4, -0.2) is 8.42 Å². The molecule has 2 aromatic carbocycles. The van der Waals surface area contributed by atoms with Gasteiger partial charge in [0.25, 0.3) is 0 Å². The summed E-state index contributed by atoms with van der Waals surface area (Å²) in [5.41, 5.74) is -0.801. The van der Waals surface area contributed by atoms with Crippen molar-refractivity contribution in [1.29, 1.82) is 0 Å². The highest BCUT2D eigenvalue weighted by molar-refractivity contribution is 7.89. The van der Waals surface area contributed by atoms with Gasteiger partial charge in [0.2, 0.25) is 10.0 Å². The average Bonchev–Trinajstić information content (AvgIpc) is 2.44. The van der Waals surface area contributed by atoms with Crippen LogP contribution < -0.4 is 4.72 Å². The second-order valence-corrected chi connectivity index (χ2v) is 6.77. The van der Waals surface area contributed by atoms with E-state index in [2.05, 4.69) is 4.72 Å². The summed E-state index contributed by atoms with van der Waals surface area (Å²) < 4.78 is 77.5. The highest BCUT2D eigenvalue weighted by atomic mass is 35.5. The first kappa shape index (κ1) is 17.7. The van der Waals surface area contributed by atoms with Crippen molar-refractivity contribution in [3.8, 4) is 0 Å². The van der Waals surface area contributed by atoms with Crippen molar-refractivity contribution in [2.75, 3.05) is 0 Å². The highest BCUT2D eigenvalue weighted by Gasteiger charge is 2.30. The fraction of sp³-hybridized carbons (Fsp3) is 0.143. The van der Waals surface area contributed by atoms with E-state index in [-0.39, 0.29) is 10.6 Å². The number of nitrogens with one attached hydrogen (secondary N) is 1. The lowest BCUT2D eigenvalue weighted by Gasteiger charge is -2.10. The number of hydrogen-bond acceptors (Lipinski definition) is 2. The minimum Gasteiger partial charge on any atom is -0.207 e. The molecule has 0 unspecified atom stereocenters. The minimum atomic E-state index is -4.53. The van der Waals surface area contributed by atoms with Gasteiger partial charge in [-0.15, -0.1) is 0 Å². The Balaban J connectivity index is 2.20. The quantitative estimate of drug-likeness (QED) is 0.831. The zero-order valence-electron chi connectivity index (χ0n) is 11.4. The topological polar surface area (TPSA) is 46.2 Å². The maximum Gasteiger partial charge on any atom is 0.416 e. The third-order valence-electron chi connectivity index (χ3n) is 2.90. The molecule has 3 nitrogen and oxygen atoms in total. The molecule has 0 amide bonds. The van der Waals surface area contributed by atoms with E-state index in [0.29, 0.717) is 0 Å². The first-order valence-electron chi connectivity index (χ1n) is 6.20. The van der Waals surface area contributed by atoms with Gasteiger partial charge in [-0.25, -0.2) is 17.5 Å². The Hall–Kier alpha value is -1.64. The summed E-state index contributed by atoms with van der Waals surface area (Å²) in [5.74, 6) is -1.05. The van der Waals surface area contributed by atoms with Crippen LogP contribution in [0.2, 0.25) is 5.02 Å². The minimum absolute atomic E-state index is 0.0272. The van der Waals surface area contributed by atoms with Gasteiger partial charge in [-0.05, 0) is 29.8 Å². The van der Waals surface area contributed by atoms with Gasteiger partial charge >= 0.3 is 6.18 Å². The second kappa shape index (κ2) is 6.46. The smallest absolute Gasteiger partial charge is 0.207 e. The van der Waals surface area contributed by atoms with Crippen LogP contribution in [0.5, 0.6) is 0 Å². The summed E-state index contributed by atoms with van der Waals surface area (Å²) in [6, 6.07) is 7.19. The molecule has 0 saturated heterocycles. The summed E-state index contributed by atoms with van der Waals surface area (Å²) in [7, 11) is -4.22. The average molecular weight is 368 g/mol. The molecular formula is C14H10ClF4NO2S. The molecule has 0 saturated carbocycles. The van der Waals surface area contributed by atoms with Gasteiger partial charge in [0.1, 0.15) is 10.7 Å². The SMILES string of the molecule is O=S(=O)(NCc1cccc(C(F)(F)F)c1)c1ccc(Cl)cc1F. The number of sulfonamides is 1. The predicted octanol–water partition coefficient (Wildman–Crippen LogP) is 3.98. The Morgan fingerprint density at radius 3 is 2.39 bits per heavy atom. The van der Waals surface area contributed by atoms with Crippen molar-refractivity contribution in [1.82, 2.24) is 4.72 Å². The lowest BCUT2D eigenvalue weighted by Crippen LogP contribution is -2.24. The Bertz CT molecular complexity index is 822. The van der Waals surface area contributed by atoms with E-state index in [1.165, 1.54) is 12.1 Å². The summed E-state index contributed by atoms with van der Waals surface area (Å²) in [4.78, 5) is -0.631. The molecular weight excluding hydrogens is 358 g/mol. The van der Waals surface area contributed by atoms with E-state index < -0.39 is 39.0 Å². The summed E-state index contributed by atoms with van der Waals surface area (Å²) in [6.45, 7) is -0.408. The van der Waals surface area contributed by atoms with Crippen LogP contribution in [-0.2, 0) is 22.7 Å². The van der Waals surface area contributed by atoms with Gasteiger partial charge < -0.3 is 0 Å². The standard InChI is InChI=1S/C14H10ClF4NO2S/c15-11-4-5-13(12(16)7-11)23(21,22)20-8-9-2-1-3-10(6-9)14(17,18)19/h1-7,20H,8H2. The van der Waals surface area contributed by atoms with Crippen LogP contribution >= 0.6 is 11.6 Å². The van der Waals surface area contributed by atoms with Crippen LogP contribution in [0, 0.1) is 5.82 Å². The van der Waals surface area contributed by atoms with Gasteiger partial charge in [0, 0.05) is 11.6 Å². The van der Waals surface area contributed by atoms with Crippen molar-refractivity contribution >= 4 is 21.6 Å². The molecule has 124 valence electrons. The van der Waals surface area contributed by atoms with E-state index in [4.69, 9.17) is 11.6 Å². The molecule has 0 atom stereocenters. The maximum absolute atomic E-state index is 13.6. The fourth-order valence-corrected chi connectivity index (χ4v) is 3.04. The largest absolute Gasteiger partial charge is 0.416 e. The Labute approximate surface area is 134 Å². The van der Waals surface area contributed by atoms with E-state index in [1.807, 2.05) is 0 Å². The zero-order valence-corrected chi connectivity index (χ0v) is 12.9. The van der Waals surface area contributed by atoms with Crippen molar-refractivity contribution in [2.24, 2.45) is 0 Å². The van der Waals surface area contributed by atoms with Crippen LogP contribution in [0.1, 0.15) is 11.1 Å². The Morgan fingerprint density at radius 2 is 1.78 bits per heavy atom. The van der Waals surface area contributed by atoms with Crippen LogP contribution in [0.3, 0.4) is 0 Å². The molecule has 2 aromatic rings. The number of benzene rings is 2. The molecule has 0 spiro atoms. The normalized spacial score (nSPS) is 12.4. The molecule has 0 fully saturated rings. The first-order valence-corrected chi connectivity index (χ1v) is 8.06. The van der Waals surface area contributed by atoms with Crippen molar-refractivity contribution < 1.29 is 26.0 Å². The highest BCUT2D eigenvalue weighted by Crippen LogP contribution is 2.29. The van der Waals surface area contributed by atoms with Crippen LogP contribution in [0.15, 0.2) is 47.4 Å². The molecule has 0 bridgehead atoms. The number of rotatable bonds is 4. The maximum atomic E-state index is 13.6. The first-order chi connectivity index (χ1) is 10.6. The lowest BCUT2D eigenvalue weighted by atomic mass is 10.1. The van der Waals surface area contributed by atoms with E-state index in [9.17, 15) is 26.0 Å². The van der Waals surface area contributed by atoms with E-state index in [1.54, 1.807) is 0 Å². The molecule has 23 heavy (non-hydrogen) atoms. The molecule has 0 aliphatic heterocycles.